The highest BCUT2D eigenvalue weighted by molar-refractivity contribution is 5.95. The molecular weight excluding hydrogens is 280 g/mol. The third-order valence-corrected chi connectivity index (χ3v) is 4.36. The number of H-pyrrole nitrogens is 1. The third-order valence-electron chi connectivity index (χ3n) is 4.36. The number of esters is 1. The molecule has 0 spiro atoms. The summed E-state index contributed by atoms with van der Waals surface area (Å²) in [5.41, 5.74) is 1.82. The van der Waals surface area contributed by atoms with Crippen molar-refractivity contribution in [3.8, 4) is 0 Å². The molecule has 1 aliphatic heterocycles. The SMILES string of the molecule is COC(=O)c1ccc2[nH]c(=O)c(N3CCCCC3C)cc2c1. The number of nitrogens with one attached hydrogen (secondary N) is 1. The second-order valence-electron chi connectivity index (χ2n) is 5.82. The monoisotopic (exact) mass is 300 g/mol. The van der Waals surface area contributed by atoms with Crippen LogP contribution in [0.3, 0.4) is 0 Å². The minimum absolute atomic E-state index is 0.0768. The highest BCUT2D eigenvalue weighted by Crippen LogP contribution is 2.24. The number of ether oxygens (including phenoxy) is 1. The van der Waals surface area contributed by atoms with Crippen LogP contribution in [0.5, 0.6) is 0 Å². The van der Waals surface area contributed by atoms with Crippen LogP contribution < -0.4 is 10.5 Å². The summed E-state index contributed by atoms with van der Waals surface area (Å²) in [4.78, 5) is 29.1. The number of hydrogen-bond acceptors (Lipinski definition) is 4. The van der Waals surface area contributed by atoms with Gasteiger partial charge in [0.2, 0.25) is 0 Å². The number of hydrogen-bond donors (Lipinski definition) is 1. The number of pyridine rings is 1. The van der Waals surface area contributed by atoms with Crippen molar-refractivity contribution in [2.75, 3.05) is 18.6 Å². The summed E-state index contributed by atoms with van der Waals surface area (Å²) < 4.78 is 4.75. The number of nitrogens with zero attached hydrogens (tertiary/aromatic N) is 1. The molecule has 0 bridgehead atoms. The van der Waals surface area contributed by atoms with E-state index >= 15 is 0 Å². The van der Waals surface area contributed by atoms with Gasteiger partial charge in [0.25, 0.3) is 5.56 Å². The molecule has 1 N–H and O–H groups in total. The lowest BCUT2D eigenvalue weighted by molar-refractivity contribution is 0.0601. The number of rotatable bonds is 2. The number of aromatic nitrogens is 1. The largest absolute Gasteiger partial charge is 0.465 e. The van der Waals surface area contributed by atoms with Crippen molar-refractivity contribution in [1.82, 2.24) is 4.98 Å². The summed E-state index contributed by atoms with van der Waals surface area (Å²) in [6, 6.07) is 7.40. The van der Waals surface area contributed by atoms with Crippen LogP contribution in [-0.2, 0) is 4.74 Å². The van der Waals surface area contributed by atoms with Crippen molar-refractivity contribution >= 4 is 22.6 Å². The van der Waals surface area contributed by atoms with Crippen molar-refractivity contribution in [2.24, 2.45) is 0 Å². The second kappa shape index (κ2) is 5.83. The molecule has 0 amide bonds. The first-order valence-corrected chi connectivity index (χ1v) is 7.62. The molecular formula is C17H20N2O3. The zero-order valence-corrected chi connectivity index (χ0v) is 12.9. The summed E-state index contributed by atoms with van der Waals surface area (Å²) in [6.07, 6.45) is 3.40. The Morgan fingerprint density at radius 1 is 1.32 bits per heavy atom. The molecule has 1 aromatic carbocycles. The number of fused-ring (bicyclic) bond motifs is 1. The molecule has 1 aliphatic rings. The standard InChI is InChI=1S/C17H20N2O3/c1-11-5-3-4-8-19(11)15-10-13-9-12(17(21)22-2)6-7-14(13)18-16(15)20/h6-7,9-11H,3-5,8H2,1-2H3,(H,18,20). The molecule has 1 atom stereocenters. The zero-order valence-electron chi connectivity index (χ0n) is 12.9. The molecule has 0 saturated carbocycles. The zero-order chi connectivity index (χ0) is 15.7. The van der Waals surface area contributed by atoms with E-state index in [1.165, 1.54) is 13.5 Å². The van der Waals surface area contributed by atoms with E-state index in [0.29, 0.717) is 17.3 Å². The van der Waals surface area contributed by atoms with Gasteiger partial charge in [0.15, 0.2) is 0 Å². The highest BCUT2D eigenvalue weighted by atomic mass is 16.5. The first kappa shape index (κ1) is 14.6. The number of aromatic amines is 1. The number of carbonyl (C=O) groups excluding carboxylic acids is 1. The number of carbonyl (C=O) groups is 1. The predicted molar refractivity (Wildman–Crippen MR) is 86.6 cm³/mol. The van der Waals surface area contributed by atoms with Crippen LogP contribution >= 0.6 is 0 Å². The summed E-state index contributed by atoms with van der Waals surface area (Å²) in [7, 11) is 1.36. The lowest BCUT2D eigenvalue weighted by atomic mass is 10.0. The van der Waals surface area contributed by atoms with Gasteiger partial charge < -0.3 is 14.6 Å². The van der Waals surface area contributed by atoms with Gasteiger partial charge in [-0.05, 0) is 50.5 Å². The van der Waals surface area contributed by atoms with Gasteiger partial charge in [-0.1, -0.05) is 0 Å². The molecule has 0 radical (unpaired) electrons. The molecule has 22 heavy (non-hydrogen) atoms. The Morgan fingerprint density at radius 3 is 2.86 bits per heavy atom. The Bertz CT molecular complexity index is 766. The maximum absolute atomic E-state index is 12.4. The number of methoxy groups -OCH3 is 1. The molecule has 116 valence electrons. The van der Waals surface area contributed by atoms with E-state index in [9.17, 15) is 9.59 Å². The minimum atomic E-state index is -0.374. The van der Waals surface area contributed by atoms with Gasteiger partial charge in [0.1, 0.15) is 5.69 Å². The Labute approximate surface area is 128 Å². The topological polar surface area (TPSA) is 62.4 Å². The third kappa shape index (κ3) is 2.58. The molecule has 2 heterocycles. The van der Waals surface area contributed by atoms with E-state index in [-0.39, 0.29) is 11.5 Å². The van der Waals surface area contributed by atoms with Gasteiger partial charge in [-0.25, -0.2) is 4.79 Å². The van der Waals surface area contributed by atoms with Gasteiger partial charge >= 0.3 is 5.97 Å². The van der Waals surface area contributed by atoms with Crippen LogP contribution in [0.2, 0.25) is 0 Å². The molecule has 1 unspecified atom stereocenters. The minimum Gasteiger partial charge on any atom is -0.465 e. The van der Waals surface area contributed by atoms with E-state index in [1.54, 1.807) is 18.2 Å². The van der Waals surface area contributed by atoms with Crippen LogP contribution in [0.25, 0.3) is 10.9 Å². The smallest absolute Gasteiger partial charge is 0.337 e. The Morgan fingerprint density at radius 2 is 2.14 bits per heavy atom. The Balaban J connectivity index is 2.09. The normalized spacial score (nSPS) is 18.5. The maximum Gasteiger partial charge on any atom is 0.337 e. The van der Waals surface area contributed by atoms with Gasteiger partial charge in [0, 0.05) is 23.5 Å². The second-order valence-corrected chi connectivity index (χ2v) is 5.82. The van der Waals surface area contributed by atoms with E-state index in [4.69, 9.17) is 4.74 Å². The molecule has 1 aromatic heterocycles. The Hall–Kier alpha value is -2.30. The van der Waals surface area contributed by atoms with Gasteiger partial charge in [-0.15, -0.1) is 0 Å². The number of benzene rings is 1. The van der Waals surface area contributed by atoms with Crippen molar-refractivity contribution < 1.29 is 9.53 Å². The van der Waals surface area contributed by atoms with Crippen LogP contribution in [0.15, 0.2) is 29.1 Å². The van der Waals surface area contributed by atoms with Gasteiger partial charge in [-0.2, -0.15) is 0 Å². The average molecular weight is 300 g/mol. The molecule has 0 aliphatic carbocycles. The highest BCUT2D eigenvalue weighted by Gasteiger charge is 2.21. The number of piperidine rings is 1. The van der Waals surface area contributed by atoms with Gasteiger partial charge in [-0.3, -0.25) is 4.79 Å². The predicted octanol–water partition coefficient (Wildman–Crippen LogP) is 2.69. The van der Waals surface area contributed by atoms with Crippen molar-refractivity contribution in [3.05, 3.63) is 40.2 Å². The fourth-order valence-corrected chi connectivity index (χ4v) is 3.11. The number of anilines is 1. The Kier molecular flexibility index (Phi) is 3.88. The van der Waals surface area contributed by atoms with Crippen LogP contribution in [-0.4, -0.2) is 30.6 Å². The summed E-state index contributed by atoms with van der Waals surface area (Å²) >= 11 is 0. The first-order chi connectivity index (χ1) is 10.6. The van der Waals surface area contributed by atoms with Crippen LogP contribution in [0.1, 0.15) is 36.5 Å². The van der Waals surface area contributed by atoms with Gasteiger partial charge in [0.05, 0.1) is 12.7 Å². The van der Waals surface area contributed by atoms with Crippen LogP contribution in [0.4, 0.5) is 5.69 Å². The summed E-state index contributed by atoms with van der Waals surface area (Å²) in [6.45, 7) is 3.04. The van der Waals surface area contributed by atoms with E-state index in [1.807, 2.05) is 6.07 Å². The molecule has 5 heteroatoms. The maximum atomic E-state index is 12.4. The van der Waals surface area contributed by atoms with E-state index in [0.717, 1.165) is 30.3 Å². The lowest BCUT2D eigenvalue weighted by Gasteiger charge is -2.34. The first-order valence-electron chi connectivity index (χ1n) is 7.62. The average Bonchev–Trinajstić information content (AvgIpc) is 2.54. The fraction of sp³-hybridized carbons (Fsp3) is 0.412. The molecule has 3 rings (SSSR count). The molecule has 5 nitrogen and oxygen atoms in total. The summed E-state index contributed by atoms with van der Waals surface area (Å²) in [5, 5.41) is 0.843. The van der Waals surface area contributed by atoms with Crippen molar-refractivity contribution in [2.45, 2.75) is 32.2 Å². The van der Waals surface area contributed by atoms with E-state index < -0.39 is 0 Å². The molecule has 2 aromatic rings. The quantitative estimate of drug-likeness (QED) is 0.866. The van der Waals surface area contributed by atoms with Crippen molar-refractivity contribution in [1.29, 1.82) is 0 Å². The van der Waals surface area contributed by atoms with Crippen molar-refractivity contribution in [3.63, 3.8) is 0 Å². The fourth-order valence-electron chi connectivity index (χ4n) is 3.11. The molecule has 1 saturated heterocycles. The molecule has 1 fully saturated rings. The summed E-state index contributed by atoms with van der Waals surface area (Å²) in [5.74, 6) is -0.374. The lowest BCUT2D eigenvalue weighted by Crippen LogP contribution is -2.40. The van der Waals surface area contributed by atoms with Crippen LogP contribution in [0, 0.1) is 0 Å². The van der Waals surface area contributed by atoms with E-state index in [2.05, 4.69) is 16.8 Å².